The van der Waals surface area contributed by atoms with Crippen molar-refractivity contribution in [2.75, 3.05) is 46.8 Å². The average molecular weight is 821 g/mol. The van der Waals surface area contributed by atoms with Crippen LogP contribution in [0.2, 0.25) is 5.02 Å². The molecule has 0 aromatic heterocycles. The highest BCUT2D eigenvalue weighted by atomic mass is 35.5. The van der Waals surface area contributed by atoms with Gasteiger partial charge in [-0.1, -0.05) is 78.7 Å². The zero-order valence-corrected chi connectivity index (χ0v) is 35.7. The molecular formula is C46H58ClNO6S2. The molecule has 7 nitrogen and oxygen atoms in total. The Hall–Kier alpha value is -3.11. The van der Waals surface area contributed by atoms with E-state index < -0.39 is 5.41 Å². The highest BCUT2D eigenvalue weighted by molar-refractivity contribution is 7.99. The molecule has 10 heteroatoms. The Labute approximate surface area is 347 Å². The number of likely N-dealkylation sites (tertiary alicyclic amines) is 1. The number of carbonyl (C=O) groups is 2. The summed E-state index contributed by atoms with van der Waals surface area (Å²) in [6, 6.07) is 23.5. The number of ether oxygens (including phenoxy) is 4. The summed E-state index contributed by atoms with van der Waals surface area (Å²) in [7, 11) is 5.37. The molecule has 2 unspecified atom stereocenters. The first-order valence-corrected chi connectivity index (χ1v) is 22.9. The van der Waals surface area contributed by atoms with Crippen LogP contribution in [0.5, 0.6) is 11.5 Å². The Morgan fingerprint density at radius 3 is 2.39 bits per heavy atom. The lowest BCUT2D eigenvalue weighted by Gasteiger charge is -2.56. The van der Waals surface area contributed by atoms with Gasteiger partial charge in [0.05, 0.1) is 27.4 Å². The van der Waals surface area contributed by atoms with Gasteiger partial charge in [-0.15, -0.1) is 0 Å². The van der Waals surface area contributed by atoms with Crippen molar-refractivity contribution >= 4 is 46.9 Å². The fraction of sp³-hybridized carbons (Fsp3) is 0.522. The number of hydrogen-bond donors (Lipinski definition) is 0. The summed E-state index contributed by atoms with van der Waals surface area (Å²) in [5.74, 6) is 4.98. The number of rotatable bonds is 22. The van der Waals surface area contributed by atoms with E-state index in [2.05, 4.69) is 72.6 Å². The van der Waals surface area contributed by atoms with Crippen LogP contribution in [0.4, 0.5) is 0 Å². The minimum atomic E-state index is -0.422. The van der Waals surface area contributed by atoms with E-state index in [4.69, 9.17) is 30.5 Å². The van der Waals surface area contributed by atoms with Crippen molar-refractivity contribution in [3.63, 3.8) is 0 Å². The van der Waals surface area contributed by atoms with Crippen LogP contribution < -0.4 is 9.47 Å². The van der Waals surface area contributed by atoms with Gasteiger partial charge in [0.1, 0.15) is 0 Å². The number of hydrogen-bond acceptors (Lipinski definition) is 9. The van der Waals surface area contributed by atoms with E-state index in [0.29, 0.717) is 53.6 Å². The molecule has 2 aliphatic carbocycles. The normalized spacial score (nSPS) is 20.7. The lowest BCUT2D eigenvalue weighted by molar-refractivity contribution is -0.143. The van der Waals surface area contributed by atoms with Crippen LogP contribution in [0.1, 0.15) is 86.5 Å². The van der Waals surface area contributed by atoms with E-state index in [0.717, 1.165) is 86.3 Å². The molecule has 0 N–H and O–H groups in total. The molecule has 1 saturated heterocycles. The monoisotopic (exact) mass is 819 g/mol. The number of piperidine rings is 1. The van der Waals surface area contributed by atoms with Crippen LogP contribution in [0.15, 0.2) is 78.6 Å². The van der Waals surface area contributed by atoms with Crippen LogP contribution in [-0.4, -0.2) is 74.7 Å². The third-order valence-electron chi connectivity index (χ3n) is 11.7. The maximum atomic E-state index is 13.3. The van der Waals surface area contributed by atoms with Gasteiger partial charge in [0, 0.05) is 63.6 Å². The number of thioether (sulfide) groups is 2. The standard InChI is InChI=1S/C46H58ClNO6S2/c1-48-23-22-46-30-40(49)41(51-2)28-37(46)39(48)27-36-38(47)29-42(52-3)45(44(36)46)54-25-14-6-13-24-53-43(50)20-12-11-19-35(56-32-34-17-9-5-10-18-34)21-26-55-31-33-15-7-4-8-16-33/h4-5,7-10,15-18,28-29,35,37,39H,6,11-14,19-27,30-32H2,1-3H3/t35?,37?,39-,46+/m0/s1. The Morgan fingerprint density at radius 2 is 1.66 bits per heavy atom. The molecule has 3 aromatic rings. The van der Waals surface area contributed by atoms with Crippen LogP contribution in [0.25, 0.3) is 0 Å². The van der Waals surface area contributed by atoms with Gasteiger partial charge in [-0.25, -0.2) is 0 Å². The molecule has 0 radical (unpaired) electrons. The molecule has 2 bridgehead atoms. The van der Waals surface area contributed by atoms with Gasteiger partial charge < -0.3 is 23.8 Å². The molecule has 1 aliphatic heterocycles. The zero-order chi connectivity index (χ0) is 39.3. The number of fused-ring (bicyclic) bond motifs is 1. The Kier molecular flexibility index (Phi) is 16.0. The van der Waals surface area contributed by atoms with Crippen LogP contribution in [0.3, 0.4) is 0 Å². The van der Waals surface area contributed by atoms with Gasteiger partial charge >= 0.3 is 5.97 Å². The highest BCUT2D eigenvalue weighted by Gasteiger charge is 2.57. The quantitative estimate of drug-likeness (QED) is 0.0728. The maximum absolute atomic E-state index is 13.3. The molecule has 4 atom stereocenters. The number of likely N-dealkylation sites (N-methyl/N-ethyl adjacent to an activating group) is 1. The average Bonchev–Trinajstić information content (AvgIpc) is 3.21. The molecule has 0 amide bonds. The molecule has 0 saturated carbocycles. The third-order valence-corrected chi connectivity index (χ3v) is 14.6. The van der Waals surface area contributed by atoms with Gasteiger partial charge in [0.2, 0.25) is 0 Å². The molecule has 1 heterocycles. The first-order valence-electron chi connectivity index (χ1n) is 20.3. The maximum Gasteiger partial charge on any atom is 0.305 e. The smallest absolute Gasteiger partial charge is 0.305 e. The second-order valence-corrected chi connectivity index (χ2v) is 18.2. The molecular weight excluding hydrogens is 762 g/mol. The van der Waals surface area contributed by atoms with Crippen molar-refractivity contribution in [1.82, 2.24) is 4.90 Å². The minimum Gasteiger partial charge on any atom is -0.493 e. The second kappa shape index (κ2) is 21.1. The van der Waals surface area contributed by atoms with Crippen LogP contribution in [0, 0.1) is 5.92 Å². The predicted octanol–water partition coefficient (Wildman–Crippen LogP) is 10.2. The lowest BCUT2D eigenvalue weighted by Crippen LogP contribution is -2.60. The fourth-order valence-corrected chi connectivity index (χ4v) is 11.4. The van der Waals surface area contributed by atoms with E-state index in [9.17, 15) is 9.59 Å². The summed E-state index contributed by atoms with van der Waals surface area (Å²) >= 11 is 11.0. The topological polar surface area (TPSA) is 74.3 Å². The third kappa shape index (κ3) is 10.7. The number of benzene rings is 3. The number of halogens is 1. The number of carbonyl (C=O) groups excluding carboxylic acids is 2. The molecule has 56 heavy (non-hydrogen) atoms. The molecule has 3 aliphatic rings. The summed E-state index contributed by atoms with van der Waals surface area (Å²) < 4.78 is 23.6. The van der Waals surface area contributed by atoms with Crippen molar-refractivity contribution < 1.29 is 28.5 Å². The lowest BCUT2D eigenvalue weighted by atomic mass is 9.53. The van der Waals surface area contributed by atoms with Crippen LogP contribution in [-0.2, 0) is 42.4 Å². The van der Waals surface area contributed by atoms with Gasteiger partial charge in [0.25, 0.3) is 0 Å². The number of esters is 1. The van der Waals surface area contributed by atoms with Crippen molar-refractivity contribution in [3.8, 4) is 11.5 Å². The zero-order valence-electron chi connectivity index (χ0n) is 33.3. The van der Waals surface area contributed by atoms with E-state index >= 15 is 0 Å². The van der Waals surface area contributed by atoms with Crippen molar-refractivity contribution in [2.45, 2.75) is 98.8 Å². The number of allylic oxidation sites excluding steroid dienone is 1. The van der Waals surface area contributed by atoms with Crippen molar-refractivity contribution in [3.05, 3.63) is 106 Å². The van der Waals surface area contributed by atoms with E-state index in [1.807, 2.05) is 35.7 Å². The van der Waals surface area contributed by atoms with Crippen LogP contribution >= 0.6 is 35.1 Å². The number of methoxy groups -OCH3 is 2. The van der Waals surface area contributed by atoms with Crippen molar-refractivity contribution in [1.29, 1.82) is 0 Å². The summed E-state index contributed by atoms with van der Waals surface area (Å²) in [5, 5.41) is 1.23. The summed E-state index contributed by atoms with van der Waals surface area (Å²) in [4.78, 5) is 28.3. The van der Waals surface area contributed by atoms with Gasteiger partial charge in [-0.3, -0.25) is 9.59 Å². The van der Waals surface area contributed by atoms with Crippen molar-refractivity contribution in [2.24, 2.45) is 5.92 Å². The Bertz CT molecular complexity index is 1770. The molecule has 3 aromatic carbocycles. The predicted molar refractivity (Wildman–Crippen MR) is 230 cm³/mol. The van der Waals surface area contributed by atoms with Gasteiger partial charge in [-0.2, -0.15) is 23.5 Å². The highest BCUT2D eigenvalue weighted by Crippen LogP contribution is 2.59. The van der Waals surface area contributed by atoms with E-state index in [-0.39, 0.29) is 23.7 Å². The SMILES string of the molecule is COC1=CC2[C@@H]3Cc4c(Cl)cc(OC)c(OCCCCCOC(=O)CCCCC(CCSCc5ccccc5)SCc5ccccc5)c4[C@]2(CCN3C)CC1=O. The number of nitrogens with zero attached hydrogens (tertiary/aromatic N) is 1. The second-order valence-electron chi connectivity index (χ2n) is 15.4. The largest absolute Gasteiger partial charge is 0.493 e. The van der Waals surface area contributed by atoms with E-state index in [1.54, 1.807) is 14.2 Å². The first-order chi connectivity index (χ1) is 27.3. The van der Waals surface area contributed by atoms with Gasteiger partial charge in [-0.05, 0) is 93.5 Å². The van der Waals surface area contributed by atoms with E-state index in [1.165, 1.54) is 17.5 Å². The summed E-state index contributed by atoms with van der Waals surface area (Å²) in [6.07, 6.45) is 11.1. The first kappa shape index (κ1) is 42.5. The summed E-state index contributed by atoms with van der Waals surface area (Å²) in [6.45, 7) is 1.80. The number of Topliss-reactive ketones (excluding diaryl/α,β-unsaturated/α-hetero) is 1. The molecule has 0 spiro atoms. The summed E-state index contributed by atoms with van der Waals surface area (Å²) in [5.41, 5.74) is 4.41. The Morgan fingerprint density at radius 1 is 0.929 bits per heavy atom. The molecule has 1 fully saturated rings. The fourth-order valence-electron chi connectivity index (χ4n) is 8.71. The van der Waals surface area contributed by atoms with Gasteiger partial charge in [0.15, 0.2) is 23.0 Å². The number of ketones is 1. The molecule has 302 valence electrons. The molecule has 6 rings (SSSR count). The number of unbranched alkanes of at least 4 members (excludes halogenated alkanes) is 3. The minimum absolute atomic E-state index is 0.0192. The Balaban J connectivity index is 0.928.